The maximum Gasteiger partial charge on any atom is 0.0314 e. The zero-order valence-electron chi connectivity index (χ0n) is 9.44. The van der Waals surface area contributed by atoms with Crippen molar-refractivity contribution in [3.05, 3.63) is 70.0 Å². The Bertz CT molecular complexity index is 582. The number of halogens is 1. The minimum atomic E-state index is 0. The molecule has 4 aliphatic rings. The van der Waals surface area contributed by atoms with E-state index in [4.69, 9.17) is 5.73 Å². The monoisotopic (exact) mass is 243 g/mol. The largest absolute Gasteiger partial charge is 0.399 e. The number of hydrogen-bond donors (Lipinski definition) is 1. The first-order chi connectivity index (χ1) is 7.84. The summed E-state index contributed by atoms with van der Waals surface area (Å²) in [5.74, 6) is 0.727. The molecule has 0 aliphatic heterocycles. The van der Waals surface area contributed by atoms with Gasteiger partial charge in [0.15, 0.2) is 0 Å². The minimum absolute atomic E-state index is 0. The van der Waals surface area contributed by atoms with Crippen molar-refractivity contribution in [2.45, 2.75) is 12.8 Å². The first kappa shape index (κ1) is 10.7. The summed E-state index contributed by atoms with van der Waals surface area (Å²) in [7, 11) is 0. The fourth-order valence-electron chi connectivity index (χ4n) is 2.82. The maximum atomic E-state index is 5.86. The van der Waals surface area contributed by atoms with E-state index in [0.717, 1.165) is 11.6 Å². The van der Waals surface area contributed by atoms with Gasteiger partial charge in [-0.15, -0.1) is 12.4 Å². The van der Waals surface area contributed by atoms with E-state index in [1.165, 1.54) is 24.0 Å². The van der Waals surface area contributed by atoms with E-state index in [1.807, 2.05) is 18.2 Å². The molecule has 2 fully saturated rings. The second kappa shape index (κ2) is 3.51. The summed E-state index contributed by atoms with van der Waals surface area (Å²) in [6.45, 7) is 0. The average Bonchev–Trinajstić information content (AvgIpc) is 3.10. The van der Waals surface area contributed by atoms with Crippen LogP contribution < -0.4 is 5.73 Å². The summed E-state index contributed by atoms with van der Waals surface area (Å²) < 4.78 is 0. The summed E-state index contributed by atoms with van der Waals surface area (Å²) in [4.78, 5) is 0. The van der Waals surface area contributed by atoms with Crippen LogP contribution in [0.5, 0.6) is 0 Å². The van der Waals surface area contributed by atoms with E-state index < -0.39 is 0 Å². The Balaban J connectivity index is 0.000000902. The summed E-state index contributed by atoms with van der Waals surface area (Å²) in [6, 6.07) is 0. The lowest BCUT2D eigenvalue weighted by Crippen LogP contribution is -1.95. The maximum absolute atomic E-state index is 5.86. The molecular formula is C15H14ClN. The number of fused-ring (bicyclic) bond motifs is 4. The van der Waals surface area contributed by atoms with Gasteiger partial charge in [0.2, 0.25) is 0 Å². The van der Waals surface area contributed by atoms with E-state index in [1.54, 1.807) is 16.7 Å². The molecule has 0 aromatic heterocycles. The Labute approximate surface area is 107 Å². The molecule has 1 nitrogen and oxygen atoms in total. The zero-order valence-corrected chi connectivity index (χ0v) is 10.3. The van der Waals surface area contributed by atoms with Crippen LogP contribution in [-0.4, -0.2) is 0 Å². The summed E-state index contributed by atoms with van der Waals surface area (Å²) in [5.41, 5.74) is 14.5. The number of nitrogens with two attached hydrogens (primary N) is 1. The van der Waals surface area contributed by atoms with Crippen LogP contribution in [0.25, 0.3) is 0 Å². The molecular weight excluding hydrogens is 230 g/mol. The van der Waals surface area contributed by atoms with Crippen LogP contribution in [0.4, 0.5) is 0 Å². The zero-order chi connectivity index (χ0) is 10.7. The van der Waals surface area contributed by atoms with Crippen molar-refractivity contribution in [3.8, 4) is 0 Å². The van der Waals surface area contributed by atoms with E-state index in [2.05, 4.69) is 18.2 Å². The highest BCUT2D eigenvalue weighted by atomic mass is 35.5. The van der Waals surface area contributed by atoms with Gasteiger partial charge in [0.25, 0.3) is 0 Å². The first-order valence-corrected chi connectivity index (χ1v) is 5.82. The lowest BCUT2D eigenvalue weighted by molar-refractivity contribution is 1.06. The molecule has 0 amide bonds. The average molecular weight is 244 g/mol. The standard InChI is InChI=1S/C15H13N.ClH/c16-9-3-1-2-4-10-11(6-5-9)13-8-15(13)14-7-12(10)14;/h1-6,12H,7-8,16H2;1H. The molecule has 0 aromatic rings. The predicted octanol–water partition coefficient (Wildman–Crippen LogP) is 3.33. The van der Waals surface area contributed by atoms with Crippen molar-refractivity contribution in [2.75, 3.05) is 0 Å². The Morgan fingerprint density at radius 1 is 1.06 bits per heavy atom. The molecule has 0 bridgehead atoms. The third-order valence-corrected chi connectivity index (χ3v) is 3.79. The number of rotatable bonds is 0. The van der Waals surface area contributed by atoms with Gasteiger partial charge >= 0.3 is 0 Å². The van der Waals surface area contributed by atoms with Crippen LogP contribution in [0.3, 0.4) is 0 Å². The third-order valence-electron chi connectivity index (χ3n) is 3.79. The van der Waals surface area contributed by atoms with Crippen LogP contribution in [0.2, 0.25) is 0 Å². The van der Waals surface area contributed by atoms with Gasteiger partial charge < -0.3 is 5.73 Å². The van der Waals surface area contributed by atoms with Gasteiger partial charge in [-0.05, 0) is 47.3 Å². The summed E-state index contributed by atoms with van der Waals surface area (Å²) in [6.07, 6.45) is 15.1. The second-order valence-electron chi connectivity index (χ2n) is 4.84. The van der Waals surface area contributed by atoms with Crippen LogP contribution in [0.1, 0.15) is 12.8 Å². The highest BCUT2D eigenvalue weighted by molar-refractivity contribution is 5.85. The first-order valence-electron chi connectivity index (χ1n) is 5.82. The molecule has 0 heterocycles. The molecule has 2 heteroatoms. The van der Waals surface area contributed by atoms with E-state index in [9.17, 15) is 0 Å². The normalized spacial score (nSPS) is 27.6. The van der Waals surface area contributed by atoms with Crippen molar-refractivity contribution < 1.29 is 0 Å². The lowest BCUT2D eigenvalue weighted by Gasteiger charge is -2.08. The highest BCUT2D eigenvalue weighted by Crippen LogP contribution is 2.62. The molecule has 0 spiro atoms. The molecule has 2 saturated carbocycles. The van der Waals surface area contributed by atoms with Crippen molar-refractivity contribution >= 4 is 12.4 Å². The van der Waals surface area contributed by atoms with Crippen LogP contribution >= 0.6 is 12.4 Å². The molecule has 2 N–H and O–H groups in total. The fraction of sp³-hybridized carbons (Fsp3) is 0.200. The van der Waals surface area contributed by atoms with Gasteiger partial charge in [0, 0.05) is 11.6 Å². The highest BCUT2D eigenvalue weighted by Gasteiger charge is 2.47. The SMILES string of the molecule is Cl.NC1=CC=CC=C2C(=C3CC3=C3CC23)C=C1. The Hall–Kier alpha value is -1.47. The van der Waals surface area contributed by atoms with Crippen molar-refractivity contribution in [1.29, 1.82) is 0 Å². The molecule has 4 aliphatic carbocycles. The molecule has 0 aromatic carbocycles. The predicted molar refractivity (Wildman–Crippen MR) is 72.7 cm³/mol. The minimum Gasteiger partial charge on any atom is -0.399 e. The van der Waals surface area contributed by atoms with Gasteiger partial charge in [-0.3, -0.25) is 0 Å². The van der Waals surface area contributed by atoms with Crippen LogP contribution in [0, 0.1) is 5.92 Å². The topological polar surface area (TPSA) is 26.0 Å². The molecule has 0 radical (unpaired) electrons. The van der Waals surface area contributed by atoms with Crippen molar-refractivity contribution in [3.63, 3.8) is 0 Å². The Morgan fingerprint density at radius 2 is 1.88 bits per heavy atom. The fourth-order valence-corrected chi connectivity index (χ4v) is 2.82. The molecule has 0 saturated heterocycles. The van der Waals surface area contributed by atoms with Gasteiger partial charge in [0.1, 0.15) is 0 Å². The second-order valence-corrected chi connectivity index (χ2v) is 4.84. The Morgan fingerprint density at radius 3 is 2.76 bits per heavy atom. The van der Waals surface area contributed by atoms with Gasteiger partial charge in [-0.1, -0.05) is 29.9 Å². The molecule has 17 heavy (non-hydrogen) atoms. The third kappa shape index (κ3) is 1.54. The van der Waals surface area contributed by atoms with Crippen LogP contribution in [0.15, 0.2) is 70.0 Å². The van der Waals surface area contributed by atoms with E-state index >= 15 is 0 Å². The molecule has 1 atom stereocenters. The molecule has 1 unspecified atom stereocenters. The summed E-state index contributed by atoms with van der Waals surface area (Å²) >= 11 is 0. The lowest BCUT2D eigenvalue weighted by atomic mass is 9.96. The van der Waals surface area contributed by atoms with Crippen LogP contribution in [-0.2, 0) is 0 Å². The van der Waals surface area contributed by atoms with Crippen molar-refractivity contribution in [2.24, 2.45) is 11.7 Å². The van der Waals surface area contributed by atoms with E-state index in [0.29, 0.717) is 0 Å². The van der Waals surface area contributed by atoms with Crippen molar-refractivity contribution in [1.82, 2.24) is 0 Å². The number of allylic oxidation sites excluding steroid dienone is 11. The smallest absolute Gasteiger partial charge is 0.0314 e. The number of hydrogen-bond acceptors (Lipinski definition) is 1. The van der Waals surface area contributed by atoms with Gasteiger partial charge in [-0.2, -0.15) is 0 Å². The van der Waals surface area contributed by atoms with E-state index in [-0.39, 0.29) is 12.4 Å². The summed E-state index contributed by atoms with van der Waals surface area (Å²) in [5, 5.41) is 0. The quantitative estimate of drug-likeness (QED) is 0.694. The van der Waals surface area contributed by atoms with Gasteiger partial charge in [-0.25, -0.2) is 0 Å². The molecule has 86 valence electrons. The molecule has 4 rings (SSSR count). The van der Waals surface area contributed by atoms with Gasteiger partial charge in [0.05, 0.1) is 0 Å². The Kier molecular flexibility index (Phi) is 2.20.